The van der Waals surface area contributed by atoms with Gasteiger partial charge in [0.05, 0.1) is 12.6 Å². The van der Waals surface area contributed by atoms with Crippen molar-refractivity contribution >= 4 is 10.9 Å². The van der Waals surface area contributed by atoms with Crippen molar-refractivity contribution in [3.05, 3.63) is 35.5 Å². The second kappa shape index (κ2) is 6.43. The molecule has 2 aromatic rings. The van der Waals surface area contributed by atoms with Gasteiger partial charge in [0.15, 0.2) is 0 Å². The van der Waals surface area contributed by atoms with E-state index in [9.17, 15) is 5.11 Å². The molecule has 120 valence electrons. The molecule has 3 heteroatoms. The third-order valence-electron chi connectivity index (χ3n) is 5.28. The lowest BCUT2D eigenvalue weighted by Crippen LogP contribution is -2.39. The van der Waals surface area contributed by atoms with E-state index in [1.165, 1.54) is 35.0 Å². The number of aromatic nitrogens is 1. The van der Waals surface area contributed by atoms with Crippen LogP contribution in [0.15, 0.2) is 24.3 Å². The van der Waals surface area contributed by atoms with Gasteiger partial charge in [-0.25, -0.2) is 0 Å². The second-order valence-electron chi connectivity index (χ2n) is 6.98. The summed E-state index contributed by atoms with van der Waals surface area (Å²) in [4.78, 5) is 2.42. The molecule has 0 saturated carbocycles. The Hall–Kier alpha value is -1.32. The van der Waals surface area contributed by atoms with Crippen LogP contribution in [0.5, 0.6) is 0 Å². The van der Waals surface area contributed by atoms with Crippen LogP contribution in [0.3, 0.4) is 0 Å². The quantitative estimate of drug-likeness (QED) is 0.938. The Morgan fingerprint density at radius 2 is 1.82 bits per heavy atom. The van der Waals surface area contributed by atoms with Gasteiger partial charge in [0.1, 0.15) is 0 Å². The fourth-order valence-corrected chi connectivity index (χ4v) is 3.65. The SMILES string of the molecule is Cc1c(C)n(C[C@H](O)CN2CCC(C)CC2)c2ccccc12. The smallest absolute Gasteiger partial charge is 0.0845 e. The highest BCUT2D eigenvalue weighted by Gasteiger charge is 2.20. The molecule has 1 aromatic heterocycles. The van der Waals surface area contributed by atoms with Crippen molar-refractivity contribution in [2.75, 3.05) is 19.6 Å². The lowest BCUT2D eigenvalue weighted by atomic mass is 9.99. The van der Waals surface area contributed by atoms with Crippen LogP contribution in [0.2, 0.25) is 0 Å². The molecule has 1 saturated heterocycles. The molecule has 1 N–H and O–H groups in total. The van der Waals surface area contributed by atoms with E-state index in [2.05, 4.69) is 54.5 Å². The van der Waals surface area contributed by atoms with Crippen LogP contribution in [0.4, 0.5) is 0 Å². The summed E-state index contributed by atoms with van der Waals surface area (Å²) in [5, 5.41) is 11.9. The first-order valence-electron chi connectivity index (χ1n) is 8.51. The van der Waals surface area contributed by atoms with Gasteiger partial charge in [-0.15, -0.1) is 0 Å². The number of likely N-dealkylation sites (tertiary alicyclic amines) is 1. The Morgan fingerprint density at radius 3 is 2.55 bits per heavy atom. The van der Waals surface area contributed by atoms with Crippen molar-refractivity contribution in [3.63, 3.8) is 0 Å². The van der Waals surface area contributed by atoms with E-state index in [4.69, 9.17) is 0 Å². The summed E-state index contributed by atoms with van der Waals surface area (Å²) in [6, 6.07) is 8.50. The van der Waals surface area contributed by atoms with Crippen molar-refractivity contribution in [3.8, 4) is 0 Å². The highest BCUT2D eigenvalue weighted by molar-refractivity contribution is 5.85. The fraction of sp³-hybridized carbons (Fsp3) is 0.579. The summed E-state index contributed by atoms with van der Waals surface area (Å²) in [6.07, 6.45) is 2.22. The maximum absolute atomic E-state index is 10.6. The average molecular weight is 300 g/mol. The molecule has 1 fully saturated rings. The first kappa shape index (κ1) is 15.6. The predicted octanol–water partition coefficient (Wildman–Crippen LogP) is 3.35. The normalized spacial score (nSPS) is 18.9. The molecule has 0 radical (unpaired) electrons. The number of β-amino-alcohol motifs (C(OH)–C–C–N with tert-alkyl or cyclic N) is 1. The van der Waals surface area contributed by atoms with Crippen LogP contribution in [-0.2, 0) is 6.54 Å². The Morgan fingerprint density at radius 1 is 1.14 bits per heavy atom. The molecule has 1 aliphatic heterocycles. The number of para-hydroxylation sites is 1. The summed E-state index contributed by atoms with van der Waals surface area (Å²) in [7, 11) is 0. The highest BCUT2D eigenvalue weighted by atomic mass is 16.3. The minimum absolute atomic E-state index is 0.303. The maximum Gasteiger partial charge on any atom is 0.0845 e. The average Bonchev–Trinajstić information content (AvgIpc) is 2.75. The molecule has 1 aromatic carbocycles. The first-order valence-corrected chi connectivity index (χ1v) is 8.51. The highest BCUT2D eigenvalue weighted by Crippen LogP contribution is 2.25. The molecule has 2 heterocycles. The number of aliphatic hydroxyl groups excluding tert-OH is 1. The van der Waals surface area contributed by atoms with Gasteiger partial charge < -0.3 is 14.6 Å². The van der Waals surface area contributed by atoms with Crippen LogP contribution < -0.4 is 0 Å². The number of hydrogen-bond acceptors (Lipinski definition) is 2. The van der Waals surface area contributed by atoms with Gasteiger partial charge in [-0.2, -0.15) is 0 Å². The zero-order chi connectivity index (χ0) is 15.7. The van der Waals surface area contributed by atoms with Crippen molar-refractivity contribution in [1.82, 2.24) is 9.47 Å². The standard InChI is InChI=1S/C19H28N2O/c1-14-8-10-20(11-9-14)12-17(22)13-21-16(3)15(2)18-6-4-5-7-19(18)21/h4-7,14,17,22H,8-13H2,1-3H3/t17-/m1/s1. The van der Waals surface area contributed by atoms with Gasteiger partial charge in [0.2, 0.25) is 0 Å². The Kier molecular flexibility index (Phi) is 4.55. The third-order valence-corrected chi connectivity index (χ3v) is 5.28. The summed E-state index contributed by atoms with van der Waals surface area (Å²) in [5.74, 6) is 0.840. The lowest BCUT2D eigenvalue weighted by Gasteiger charge is -2.31. The van der Waals surface area contributed by atoms with Crippen LogP contribution >= 0.6 is 0 Å². The predicted molar refractivity (Wildman–Crippen MR) is 92.3 cm³/mol. The van der Waals surface area contributed by atoms with Crippen LogP contribution in [0, 0.1) is 19.8 Å². The number of benzene rings is 1. The van der Waals surface area contributed by atoms with Gasteiger partial charge in [-0.1, -0.05) is 25.1 Å². The molecule has 0 unspecified atom stereocenters. The van der Waals surface area contributed by atoms with E-state index in [0.29, 0.717) is 6.54 Å². The molecule has 3 nitrogen and oxygen atoms in total. The number of piperidine rings is 1. The van der Waals surface area contributed by atoms with Crippen molar-refractivity contribution in [2.45, 2.75) is 46.3 Å². The number of rotatable bonds is 4. The minimum atomic E-state index is -0.303. The number of hydrogen-bond donors (Lipinski definition) is 1. The molecule has 0 aliphatic carbocycles. The van der Waals surface area contributed by atoms with E-state index < -0.39 is 0 Å². The van der Waals surface area contributed by atoms with Crippen molar-refractivity contribution in [1.29, 1.82) is 0 Å². The van der Waals surface area contributed by atoms with E-state index in [0.717, 1.165) is 25.6 Å². The number of nitrogens with zero attached hydrogens (tertiary/aromatic N) is 2. The summed E-state index contributed by atoms with van der Waals surface area (Å²) >= 11 is 0. The van der Waals surface area contributed by atoms with Gasteiger partial charge in [-0.3, -0.25) is 0 Å². The second-order valence-corrected chi connectivity index (χ2v) is 6.98. The van der Waals surface area contributed by atoms with Gasteiger partial charge >= 0.3 is 0 Å². The Labute approximate surface area is 133 Å². The van der Waals surface area contributed by atoms with Crippen molar-refractivity contribution in [2.24, 2.45) is 5.92 Å². The van der Waals surface area contributed by atoms with E-state index in [1.807, 2.05) is 0 Å². The number of aliphatic hydroxyl groups is 1. The zero-order valence-corrected chi connectivity index (χ0v) is 14.0. The summed E-state index contributed by atoms with van der Waals surface area (Å²) in [5.41, 5.74) is 3.84. The number of fused-ring (bicyclic) bond motifs is 1. The number of aryl methyl sites for hydroxylation is 1. The molecule has 0 bridgehead atoms. The summed E-state index contributed by atoms with van der Waals surface area (Å²) < 4.78 is 2.28. The van der Waals surface area contributed by atoms with E-state index in [1.54, 1.807) is 0 Å². The Bertz CT molecular complexity index is 638. The molecular formula is C19H28N2O. The molecule has 0 spiro atoms. The van der Waals surface area contributed by atoms with Gasteiger partial charge in [0, 0.05) is 23.1 Å². The molecule has 22 heavy (non-hydrogen) atoms. The topological polar surface area (TPSA) is 28.4 Å². The zero-order valence-electron chi connectivity index (χ0n) is 14.0. The van der Waals surface area contributed by atoms with Crippen LogP contribution in [-0.4, -0.2) is 40.3 Å². The fourth-order valence-electron chi connectivity index (χ4n) is 3.65. The monoisotopic (exact) mass is 300 g/mol. The van der Waals surface area contributed by atoms with Gasteiger partial charge in [0.25, 0.3) is 0 Å². The van der Waals surface area contributed by atoms with Crippen LogP contribution in [0.25, 0.3) is 10.9 Å². The summed E-state index contributed by atoms with van der Waals surface area (Å²) in [6.45, 7) is 10.4. The Balaban J connectivity index is 1.71. The molecule has 1 aliphatic rings. The van der Waals surface area contributed by atoms with E-state index >= 15 is 0 Å². The van der Waals surface area contributed by atoms with E-state index in [-0.39, 0.29) is 6.10 Å². The molecule has 3 rings (SSSR count). The van der Waals surface area contributed by atoms with Gasteiger partial charge in [-0.05, 0) is 57.3 Å². The lowest BCUT2D eigenvalue weighted by molar-refractivity contribution is 0.0806. The maximum atomic E-state index is 10.6. The third kappa shape index (κ3) is 3.06. The largest absolute Gasteiger partial charge is 0.390 e. The minimum Gasteiger partial charge on any atom is -0.390 e. The molecule has 0 amide bonds. The van der Waals surface area contributed by atoms with Crippen LogP contribution in [0.1, 0.15) is 31.0 Å². The molecular weight excluding hydrogens is 272 g/mol. The molecule has 1 atom stereocenters. The van der Waals surface area contributed by atoms with Crippen molar-refractivity contribution < 1.29 is 5.11 Å². The first-order chi connectivity index (χ1) is 10.6.